The fraction of sp³-hybridized carbons (Fsp3) is 0.579. The Hall–Kier alpha value is -1.68. The monoisotopic (exact) mass is 310 g/mol. The van der Waals surface area contributed by atoms with E-state index < -0.39 is 0 Å². The summed E-state index contributed by atoms with van der Waals surface area (Å²) in [6.45, 7) is 2.42. The van der Waals surface area contributed by atoms with E-state index in [2.05, 4.69) is 26.7 Å². The fourth-order valence-electron chi connectivity index (χ4n) is 4.48. The summed E-state index contributed by atoms with van der Waals surface area (Å²) >= 11 is 0. The molecule has 4 rings (SSSR count). The Balaban J connectivity index is 1.51. The number of rotatable bonds is 3. The molecule has 3 heterocycles. The lowest BCUT2D eigenvalue weighted by atomic mass is 9.92. The quantitative estimate of drug-likeness (QED) is 0.871. The van der Waals surface area contributed by atoms with Crippen LogP contribution in [0.4, 0.5) is 0 Å². The molecule has 1 saturated heterocycles. The van der Waals surface area contributed by atoms with Crippen LogP contribution in [0.3, 0.4) is 0 Å². The van der Waals surface area contributed by atoms with Crippen molar-refractivity contribution in [2.24, 2.45) is 0 Å². The van der Waals surface area contributed by atoms with Gasteiger partial charge in [-0.2, -0.15) is 0 Å². The molecule has 4 heteroatoms. The van der Waals surface area contributed by atoms with E-state index in [-0.39, 0.29) is 0 Å². The number of piperidine rings is 1. The molecule has 4 nitrogen and oxygen atoms in total. The van der Waals surface area contributed by atoms with E-state index >= 15 is 0 Å². The Bertz CT molecular complexity index is 676. The zero-order valence-electron chi connectivity index (χ0n) is 13.7. The van der Waals surface area contributed by atoms with E-state index in [9.17, 15) is 0 Å². The van der Waals surface area contributed by atoms with Crippen molar-refractivity contribution in [3.8, 4) is 0 Å². The Morgan fingerprint density at radius 2 is 1.83 bits per heavy atom. The second kappa shape index (κ2) is 6.44. The molecule has 2 aliphatic rings. The molecule has 2 fully saturated rings. The lowest BCUT2D eigenvalue weighted by Gasteiger charge is -2.39. The van der Waals surface area contributed by atoms with Crippen LogP contribution in [0.2, 0.25) is 0 Å². The molecule has 0 amide bonds. The molecule has 0 unspecified atom stereocenters. The molecule has 122 valence electrons. The molecule has 0 aromatic carbocycles. The Morgan fingerprint density at radius 3 is 2.57 bits per heavy atom. The van der Waals surface area contributed by atoms with Crippen molar-refractivity contribution in [1.29, 1.82) is 5.41 Å². The van der Waals surface area contributed by atoms with Gasteiger partial charge in [0, 0.05) is 54.7 Å². The first-order chi connectivity index (χ1) is 11.4. The third-order valence-corrected chi connectivity index (χ3v) is 5.76. The van der Waals surface area contributed by atoms with E-state index in [0.717, 1.165) is 22.6 Å². The van der Waals surface area contributed by atoms with Gasteiger partial charge in [-0.15, -0.1) is 0 Å². The molecule has 0 bridgehead atoms. The fourth-order valence-corrected chi connectivity index (χ4v) is 4.48. The molecule has 2 aromatic rings. The SMILES string of the molecule is N=Cc1cn(C2CCN(C3CCCCC3)CC2)c2ncccc12. The number of pyridine rings is 1. The summed E-state index contributed by atoms with van der Waals surface area (Å²) in [4.78, 5) is 7.31. The van der Waals surface area contributed by atoms with E-state index in [4.69, 9.17) is 5.41 Å². The molecule has 1 aliphatic heterocycles. The number of hydrogen-bond donors (Lipinski definition) is 1. The van der Waals surface area contributed by atoms with Crippen LogP contribution in [-0.4, -0.2) is 39.8 Å². The smallest absolute Gasteiger partial charge is 0.140 e. The Morgan fingerprint density at radius 1 is 1.04 bits per heavy atom. The van der Waals surface area contributed by atoms with Gasteiger partial charge in [-0.3, -0.25) is 0 Å². The Labute approximate surface area is 138 Å². The van der Waals surface area contributed by atoms with E-state index in [0.29, 0.717) is 6.04 Å². The van der Waals surface area contributed by atoms with Crippen LogP contribution in [0.25, 0.3) is 11.0 Å². The van der Waals surface area contributed by atoms with E-state index in [1.54, 1.807) is 0 Å². The molecule has 2 aromatic heterocycles. The molecule has 1 aliphatic carbocycles. The summed E-state index contributed by atoms with van der Waals surface area (Å²) in [5.41, 5.74) is 2.03. The van der Waals surface area contributed by atoms with Crippen LogP contribution < -0.4 is 0 Å². The van der Waals surface area contributed by atoms with Crippen molar-refractivity contribution in [1.82, 2.24) is 14.5 Å². The standard InChI is InChI=1S/C19H26N4/c20-13-15-14-23(19-18(15)7-4-10-21-19)17-8-11-22(12-9-17)16-5-2-1-3-6-16/h4,7,10,13-14,16-17,20H,1-3,5-6,8-9,11-12H2. The second-order valence-corrected chi connectivity index (χ2v) is 7.07. The maximum absolute atomic E-state index is 7.64. The molecule has 0 radical (unpaired) electrons. The lowest BCUT2D eigenvalue weighted by Crippen LogP contribution is -2.42. The summed E-state index contributed by atoms with van der Waals surface area (Å²) in [5, 5.41) is 8.75. The Kier molecular flexibility index (Phi) is 4.17. The zero-order chi connectivity index (χ0) is 15.6. The molecule has 0 spiro atoms. The van der Waals surface area contributed by atoms with E-state index in [1.807, 2.05) is 12.3 Å². The summed E-state index contributed by atoms with van der Waals surface area (Å²) in [6.07, 6.45) is 14.9. The van der Waals surface area contributed by atoms with Crippen LogP contribution >= 0.6 is 0 Å². The van der Waals surface area contributed by atoms with Crippen molar-refractivity contribution < 1.29 is 0 Å². The number of fused-ring (bicyclic) bond motifs is 1. The molecular weight excluding hydrogens is 284 g/mol. The van der Waals surface area contributed by atoms with Gasteiger partial charge in [-0.25, -0.2) is 4.98 Å². The predicted molar refractivity (Wildman–Crippen MR) is 94.3 cm³/mol. The largest absolute Gasteiger partial charge is 0.329 e. The maximum Gasteiger partial charge on any atom is 0.140 e. The minimum absolute atomic E-state index is 0.529. The van der Waals surface area contributed by atoms with Crippen LogP contribution in [-0.2, 0) is 0 Å². The minimum atomic E-state index is 0.529. The highest BCUT2D eigenvalue weighted by Crippen LogP contribution is 2.31. The van der Waals surface area contributed by atoms with Crippen LogP contribution in [0.1, 0.15) is 56.6 Å². The minimum Gasteiger partial charge on any atom is -0.329 e. The normalized spacial score (nSPS) is 21.7. The predicted octanol–water partition coefficient (Wildman–Crippen LogP) is 4.00. The molecule has 23 heavy (non-hydrogen) atoms. The number of hydrogen-bond acceptors (Lipinski definition) is 3. The topological polar surface area (TPSA) is 44.9 Å². The third-order valence-electron chi connectivity index (χ3n) is 5.76. The van der Waals surface area contributed by atoms with Gasteiger partial charge in [0.2, 0.25) is 0 Å². The number of likely N-dealkylation sites (tertiary alicyclic amines) is 1. The van der Waals surface area contributed by atoms with Gasteiger partial charge in [0.1, 0.15) is 5.65 Å². The highest BCUT2D eigenvalue weighted by Gasteiger charge is 2.27. The highest BCUT2D eigenvalue weighted by molar-refractivity contribution is 5.96. The van der Waals surface area contributed by atoms with E-state index in [1.165, 1.54) is 64.2 Å². The zero-order valence-corrected chi connectivity index (χ0v) is 13.7. The van der Waals surface area contributed by atoms with Crippen LogP contribution in [0.5, 0.6) is 0 Å². The lowest BCUT2D eigenvalue weighted by molar-refractivity contribution is 0.110. The third kappa shape index (κ3) is 2.80. The first-order valence-corrected chi connectivity index (χ1v) is 9.07. The van der Waals surface area contributed by atoms with Crippen molar-refractivity contribution >= 4 is 17.2 Å². The molecule has 1 saturated carbocycles. The van der Waals surface area contributed by atoms with Gasteiger partial charge in [0.25, 0.3) is 0 Å². The van der Waals surface area contributed by atoms with Crippen molar-refractivity contribution in [3.63, 3.8) is 0 Å². The van der Waals surface area contributed by atoms with Crippen molar-refractivity contribution in [2.45, 2.75) is 57.0 Å². The molecule has 0 atom stereocenters. The van der Waals surface area contributed by atoms with Gasteiger partial charge in [0.05, 0.1) is 0 Å². The first kappa shape index (κ1) is 14.9. The van der Waals surface area contributed by atoms with Crippen LogP contribution in [0.15, 0.2) is 24.5 Å². The summed E-state index contributed by atoms with van der Waals surface area (Å²) in [7, 11) is 0. The number of nitrogens with zero attached hydrogens (tertiary/aromatic N) is 3. The second-order valence-electron chi connectivity index (χ2n) is 7.07. The van der Waals surface area contributed by atoms with Gasteiger partial charge in [-0.05, 0) is 37.8 Å². The van der Waals surface area contributed by atoms with Gasteiger partial charge in [-0.1, -0.05) is 19.3 Å². The van der Waals surface area contributed by atoms with Crippen molar-refractivity contribution in [3.05, 3.63) is 30.1 Å². The number of aromatic nitrogens is 2. The van der Waals surface area contributed by atoms with Gasteiger partial charge < -0.3 is 14.9 Å². The molecule has 1 N–H and O–H groups in total. The highest BCUT2D eigenvalue weighted by atomic mass is 15.2. The van der Waals surface area contributed by atoms with Gasteiger partial charge >= 0.3 is 0 Å². The van der Waals surface area contributed by atoms with Crippen molar-refractivity contribution in [2.75, 3.05) is 13.1 Å². The average Bonchev–Trinajstić information content (AvgIpc) is 3.01. The number of nitrogens with one attached hydrogen (secondary N) is 1. The van der Waals surface area contributed by atoms with Gasteiger partial charge in [0.15, 0.2) is 0 Å². The molecular formula is C19H26N4. The summed E-state index contributed by atoms with van der Waals surface area (Å²) in [5.74, 6) is 0. The van der Waals surface area contributed by atoms with Crippen LogP contribution in [0, 0.1) is 5.41 Å². The maximum atomic E-state index is 7.64. The average molecular weight is 310 g/mol. The first-order valence-electron chi connectivity index (χ1n) is 9.07. The summed E-state index contributed by atoms with van der Waals surface area (Å²) in [6, 6.07) is 5.41. The summed E-state index contributed by atoms with van der Waals surface area (Å²) < 4.78 is 2.33.